The molecule has 168 valence electrons. The van der Waals surface area contributed by atoms with E-state index in [1.54, 1.807) is 18.0 Å². The molecule has 0 saturated heterocycles. The Balaban J connectivity index is 1.72. The molecule has 0 radical (unpaired) electrons. The van der Waals surface area contributed by atoms with Gasteiger partial charge in [-0.25, -0.2) is 9.97 Å². The van der Waals surface area contributed by atoms with E-state index in [2.05, 4.69) is 38.6 Å². The summed E-state index contributed by atoms with van der Waals surface area (Å²) in [5.74, 6) is 3.05. The van der Waals surface area contributed by atoms with E-state index in [1.807, 2.05) is 6.07 Å². The predicted octanol–water partition coefficient (Wildman–Crippen LogP) is 3.37. The minimum atomic E-state index is -0.465. The normalized spacial score (nSPS) is 23.0. The molecule has 0 bridgehead atoms. The molecule has 4 N–H and O–H groups in total. The third kappa shape index (κ3) is 4.89. The summed E-state index contributed by atoms with van der Waals surface area (Å²) in [7, 11) is 0. The molecule has 1 fully saturated rings. The first-order chi connectivity index (χ1) is 15.0. The number of alkyl halides is 1. The van der Waals surface area contributed by atoms with Crippen molar-refractivity contribution < 1.29 is 5.11 Å². The molecular formula is C21H30ClN7OS. The van der Waals surface area contributed by atoms with Gasteiger partial charge in [0.25, 0.3) is 0 Å². The van der Waals surface area contributed by atoms with E-state index in [1.165, 1.54) is 6.33 Å². The van der Waals surface area contributed by atoms with Crippen molar-refractivity contribution in [1.82, 2.24) is 29.7 Å². The van der Waals surface area contributed by atoms with Gasteiger partial charge in [-0.3, -0.25) is 10.1 Å². The number of imidazole rings is 1. The van der Waals surface area contributed by atoms with Gasteiger partial charge in [-0.05, 0) is 30.7 Å². The number of aliphatic hydroxyl groups is 1. The number of nitrogens with zero attached hydrogens (tertiary/aromatic N) is 5. The quantitative estimate of drug-likeness (QED) is 0.438. The molecule has 1 saturated carbocycles. The largest absolute Gasteiger partial charge is 0.391 e. The molecule has 4 atom stereocenters. The van der Waals surface area contributed by atoms with Crippen LogP contribution in [0.1, 0.15) is 45.0 Å². The van der Waals surface area contributed by atoms with Crippen LogP contribution in [0.4, 0.5) is 0 Å². The summed E-state index contributed by atoms with van der Waals surface area (Å²) >= 11 is 7.85. The number of thioether (sulfide) groups is 1. The van der Waals surface area contributed by atoms with E-state index in [0.29, 0.717) is 24.0 Å². The molecule has 3 heterocycles. The summed E-state index contributed by atoms with van der Waals surface area (Å²) in [6, 6.07) is 1.97. The Kier molecular flexibility index (Phi) is 7.15. The average Bonchev–Trinajstić information content (AvgIpc) is 3.40. The van der Waals surface area contributed by atoms with E-state index in [9.17, 15) is 5.11 Å². The number of nitrogens with one attached hydrogen (secondary N) is 1. The predicted molar refractivity (Wildman–Crippen MR) is 125 cm³/mol. The van der Waals surface area contributed by atoms with E-state index >= 15 is 0 Å². The van der Waals surface area contributed by atoms with Crippen LogP contribution in [0.2, 0.25) is 0 Å². The fraction of sp³-hybridized carbons (Fsp3) is 0.619. The fourth-order valence-electron chi connectivity index (χ4n) is 4.39. The van der Waals surface area contributed by atoms with Crippen molar-refractivity contribution in [3.8, 4) is 11.5 Å². The molecule has 4 rings (SSSR count). The topological polar surface area (TPSA) is 119 Å². The number of H-pyrrole nitrogens is 1. The molecule has 1 aliphatic carbocycles. The second kappa shape index (κ2) is 9.85. The molecule has 0 spiro atoms. The smallest absolute Gasteiger partial charge is 0.174 e. The van der Waals surface area contributed by atoms with Crippen LogP contribution in [0.3, 0.4) is 0 Å². The molecule has 8 nitrogen and oxygen atoms in total. The first-order valence-corrected chi connectivity index (χ1v) is 12.3. The maximum Gasteiger partial charge on any atom is 0.174 e. The first-order valence-electron chi connectivity index (χ1n) is 10.8. The zero-order valence-corrected chi connectivity index (χ0v) is 19.5. The molecule has 4 unspecified atom stereocenters. The van der Waals surface area contributed by atoms with Gasteiger partial charge in [0, 0.05) is 18.7 Å². The molecule has 0 aromatic carbocycles. The number of aromatic nitrogens is 6. The Labute approximate surface area is 191 Å². The lowest BCUT2D eigenvalue weighted by atomic mass is 9.83. The number of nitrogens with two attached hydrogens (primary N) is 1. The third-order valence-corrected chi connectivity index (χ3v) is 7.59. The Morgan fingerprint density at radius 3 is 2.90 bits per heavy atom. The Hall–Kier alpha value is -1.68. The summed E-state index contributed by atoms with van der Waals surface area (Å²) in [5.41, 5.74) is 8.20. The van der Waals surface area contributed by atoms with Crippen molar-refractivity contribution >= 4 is 34.4 Å². The van der Waals surface area contributed by atoms with Crippen LogP contribution in [0, 0.1) is 11.8 Å². The van der Waals surface area contributed by atoms with Crippen LogP contribution < -0.4 is 5.73 Å². The Morgan fingerprint density at radius 1 is 1.35 bits per heavy atom. The van der Waals surface area contributed by atoms with E-state index < -0.39 is 6.10 Å². The molecule has 0 amide bonds. The summed E-state index contributed by atoms with van der Waals surface area (Å²) < 4.78 is 2.13. The van der Waals surface area contributed by atoms with Gasteiger partial charge in [-0.15, -0.1) is 23.4 Å². The number of pyridine rings is 1. The minimum Gasteiger partial charge on any atom is -0.391 e. The van der Waals surface area contributed by atoms with Gasteiger partial charge in [-0.2, -0.15) is 5.10 Å². The summed E-state index contributed by atoms with van der Waals surface area (Å²) in [6.07, 6.45) is 6.61. The molecular weight excluding hydrogens is 434 g/mol. The van der Waals surface area contributed by atoms with Crippen LogP contribution in [0.25, 0.3) is 22.6 Å². The van der Waals surface area contributed by atoms with E-state index in [0.717, 1.165) is 48.3 Å². The monoisotopic (exact) mass is 463 g/mol. The van der Waals surface area contributed by atoms with E-state index in [4.69, 9.17) is 22.3 Å². The number of halogens is 1. The van der Waals surface area contributed by atoms with Gasteiger partial charge in [-0.1, -0.05) is 20.3 Å². The number of rotatable bonds is 8. The van der Waals surface area contributed by atoms with Crippen molar-refractivity contribution in [2.45, 2.75) is 56.4 Å². The highest BCUT2D eigenvalue weighted by molar-refractivity contribution is 8.01. The highest BCUT2D eigenvalue weighted by atomic mass is 35.5. The van der Waals surface area contributed by atoms with Crippen LogP contribution >= 0.6 is 23.4 Å². The second-order valence-electron chi connectivity index (χ2n) is 8.62. The van der Waals surface area contributed by atoms with Crippen molar-refractivity contribution in [2.24, 2.45) is 17.6 Å². The van der Waals surface area contributed by atoms with Crippen molar-refractivity contribution in [3.63, 3.8) is 0 Å². The van der Waals surface area contributed by atoms with Crippen LogP contribution in [-0.2, 0) is 6.42 Å². The molecule has 1 aliphatic rings. The van der Waals surface area contributed by atoms with Crippen LogP contribution in [0.5, 0.6) is 0 Å². The van der Waals surface area contributed by atoms with Gasteiger partial charge in [0.1, 0.15) is 23.4 Å². The summed E-state index contributed by atoms with van der Waals surface area (Å²) in [6.45, 7) is 4.80. The van der Waals surface area contributed by atoms with Gasteiger partial charge >= 0.3 is 0 Å². The molecule has 3 aromatic heterocycles. The maximum atomic E-state index is 11.4. The standard InChI is InChI=1S/C21H30ClN7OS/c1-12(2)6-19-27-15-9-24-14(21-25-11-26-28-21)7-17(15)29(19)16-5-3-4-13(20(16)30)10-31-18(22)8-23/h7,9,11-13,16,18,20,30H,3-6,8,10,23H2,1-2H3,(H,25,26,28). The maximum absolute atomic E-state index is 11.4. The van der Waals surface area contributed by atoms with Crippen LogP contribution in [-0.4, -0.2) is 57.9 Å². The fourth-order valence-corrected chi connectivity index (χ4v) is 5.56. The number of hydrogen-bond acceptors (Lipinski definition) is 7. The zero-order chi connectivity index (χ0) is 22.0. The van der Waals surface area contributed by atoms with Crippen LogP contribution in [0.15, 0.2) is 18.6 Å². The van der Waals surface area contributed by atoms with Crippen molar-refractivity contribution in [1.29, 1.82) is 0 Å². The van der Waals surface area contributed by atoms with E-state index in [-0.39, 0.29) is 16.7 Å². The highest BCUT2D eigenvalue weighted by Crippen LogP contribution is 2.38. The summed E-state index contributed by atoms with van der Waals surface area (Å²) in [5, 5.41) is 18.2. The average molecular weight is 464 g/mol. The van der Waals surface area contributed by atoms with Gasteiger partial charge in [0.2, 0.25) is 0 Å². The molecule has 3 aromatic rings. The number of aliphatic hydroxyl groups excluding tert-OH is 1. The molecule has 31 heavy (non-hydrogen) atoms. The SMILES string of the molecule is CC(C)Cc1nc2cnc(-c3ncn[nH]3)cc2n1C1CCCC(CSC(Cl)CN)C1O. The van der Waals surface area contributed by atoms with Gasteiger partial charge in [0.15, 0.2) is 5.82 Å². The third-order valence-electron chi connectivity index (χ3n) is 5.86. The molecule has 0 aliphatic heterocycles. The van der Waals surface area contributed by atoms with Gasteiger partial charge in [0.05, 0.1) is 28.6 Å². The highest BCUT2D eigenvalue weighted by Gasteiger charge is 2.35. The zero-order valence-electron chi connectivity index (χ0n) is 17.9. The lowest BCUT2D eigenvalue weighted by Gasteiger charge is -2.37. The Bertz CT molecular complexity index is 993. The van der Waals surface area contributed by atoms with Crippen molar-refractivity contribution in [3.05, 3.63) is 24.4 Å². The summed E-state index contributed by atoms with van der Waals surface area (Å²) in [4.78, 5) is 13.6. The molecule has 10 heteroatoms. The minimum absolute atomic E-state index is 0.0327. The Morgan fingerprint density at radius 2 is 2.19 bits per heavy atom. The lowest BCUT2D eigenvalue weighted by Crippen LogP contribution is -2.37. The number of hydrogen-bond donors (Lipinski definition) is 3. The lowest BCUT2D eigenvalue weighted by molar-refractivity contribution is 0.0334. The second-order valence-corrected chi connectivity index (χ2v) is 10.6. The number of aromatic amines is 1. The first kappa shape index (κ1) is 22.5. The number of fused-ring (bicyclic) bond motifs is 1. The van der Waals surface area contributed by atoms with Crippen molar-refractivity contribution in [2.75, 3.05) is 12.3 Å². The van der Waals surface area contributed by atoms with Gasteiger partial charge < -0.3 is 15.4 Å².